The number of rotatable bonds is 1. The maximum atomic E-state index is 6.27. The van der Waals surface area contributed by atoms with E-state index in [4.69, 9.17) is 28.9 Å². The summed E-state index contributed by atoms with van der Waals surface area (Å²) < 4.78 is 0. The number of nitrogens with zero attached hydrogens (tertiary/aromatic N) is 1. The molecule has 0 fully saturated rings. The smallest absolute Gasteiger partial charge is 0.130 e. The minimum atomic E-state index is 0.0483. The van der Waals surface area contributed by atoms with Crippen molar-refractivity contribution in [1.29, 1.82) is 0 Å². The first-order valence-corrected chi connectivity index (χ1v) is 6.45. The lowest BCUT2D eigenvalue weighted by Gasteiger charge is -2.32. The van der Waals surface area contributed by atoms with Gasteiger partial charge in [-0.05, 0) is 29.9 Å². The van der Waals surface area contributed by atoms with E-state index in [0.717, 1.165) is 24.0 Å². The Bertz CT molecular complexity index is 466. The highest BCUT2D eigenvalue weighted by atomic mass is 35.5. The molecule has 1 atom stereocenters. The molecule has 92 valence electrons. The number of anilines is 1. The monoisotopic (exact) mass is 270 g/mol. The minimum Gasteiger partial charge on any atom is -0.383 e. The molecule has 2 N–H and O–H groups in total. The fourth-order valence-corrected chi connectivity index (χ4v) is 3.07. The van der Waals surface area contributed by atoms with Crippen LogP contribution in [0, 0.1) is 5.41 Å². The molecule has 1 aliphatic rings. The number of hydrogen-bond donors (Lipinski definition) is 1. The average molecular weight is 271 g/mol. The summed E-state index contributed by atoms with van der Waals surface area (Å²) in [4.78, 5) is 4.09. The summed E-state index contributed by atoms with van der Waals surface area (Å²) in [6, 6.07) is 1.86. The zero-order chi connectivity index (χ0) is 12.6. The van der Waals surface area contributed by atoms with Crippen molar-refractivity contribution in [2.45, 2.75) is 32.1 Å². The normalized spacial score (nSPS) is 23.3. The van der Waals surface area contributed by atoms with Gasteiger partial charge >= 0.3 is 0 Å². The van der Waals surface area contributed by atoms with Gasteiger partial charge in [0.25, 0.3) is 0 Å². The van der Waals surface area contributed by atoms with Gasteiger partial charge in [0.2, 0.25) is 0 Å². The fourth-order valence-electron chi connectivity index (χ4n) is 2.34. The molecule has 0 amide bonds. The molecule has 0 aromatic carbocycles. The SMILES string of the molecule is CC1(C)CC(c2cc(Cl)cnc2N)=CC(Cl)C1. The second kappa shape index (κ2) is 4.51. The maximum absolute atomic E-state index is 6.27. The summed E-state index contributed by atoms with van der Waals surface area (Å²) in [5.74, 6) is 0.516. The number of allylic oxidation sites excluding steroid dienone is 2. The van der Waals surface area contributed by atoms with Crippen LogP contribution in [0.1, 0.15) is 32.3 Å². The summed E-state index contributed by atoms with van der Waals surface area (Å²) in [5.41, 5.74) is 8.15. The molecule has 2 nitrogen and oxygen atoms in total. The van der Waals surface area contributed by atoms with Crippen LogP contribution in [0.3, 0.4) is 0 Å². The zero-order valence-corrected chi connectivity index (χ0v) is 11.5. The predicted molar refractivity (Wildman–Crippen MR) is 74.3 cm³/mol. The molecule has 0 radical (unpaired) electrons. The van der Waals surface area contributed by atoms with Crippen molar-refractivity contribution in [3.63, 3.8) is 0 Å². The molecule has 17 heavy (non-hydrogen) atoms. The van der Waals surface area contributed by atoms with Crippen LogP contribution in [0.2, 0.25) is 5.02 Å². The van der Waals surface area contributed by atoms with Crippen molar-refractivity contribution in [3.8, 4) is 0 Å². The van der Waals surface area contributed by atoms with Gasteiger partial charge in [0.05, 0.1) is 10.4 Å². The molecule has 1 heterocycles. The van der Waals surface area contributed by atoms with Crippen molar-refractivity contribution in [2.24, 2.45) is 5.41 Å². The third kappa shape index (κ3) is 2.93. The molecule has 4 heteroatoms. The maximum Gasteiger partial charge on any atom is 0.130 e. The van der Waals surface area contributed by atoms with Gasteiger partial charge in [0.15, 0.2) is 0 Å². The van der Waals surface area contributed by atoms with Crippen LogP contribution in [-0.2, 0) is 0 Å². The number of hydrogen-bond acceptors (Lipinski definition) is 2. The standard InChI is InChI=1S/C13H16Cl2N2/c1-13(2)5-8(3-9(14)6-13)11-4-10(15)7-17-12(11)16/h3-4,7,9H,5-6H2,1-2H3,(H2,16,17). The molecule has 1 aromatic heterocycles. The van der Waals surface area contributed by atoms with Gasteiger partial charge in [-0.2, -0.15) is 0 Å². The average Bonchev–Trinajstić information content (AvgIpc) is 2.18. The van der Waals surface area contributed by atoms with Gasteiger partial charge in [-0.15, -0.1) is 11.6 Å². The Balaban J connectivity index is 2.43. The fraction of sp³-hybridized carbons (Fsp3) is 0.462. The van der Waals surface area contributed by atoms with E-state index in [-0.39, 0.29) is 10.8 Å². The first-order chi connectivity index (χ1) is 7.87. The van der Waals surface area contributed by atoms with Gasteiger partial charge < -0.3 is 5.73 Å². The number of nitrogen functional groups attached to an aromatic ring is 1. The Labute approximate surface area is 112 Å². The molecule has 0 spiro atoms. The van der Waals surface area contributed by atoms with E-state index >= 15 is 0 Å². The highest BCUT2D eigenvalue weighted by molar-refractivity contribution is 6.30. The van der Waals surface area contributed by atoms with E-state index < -0.39 is 0 Å². The molecule has 2 rings (SSSR count). The van der Waals surface area contributed by atoms with Crippen molar-refractivity contribution in [1.82, 2.24) is 4.98 Å². The van der Waals surface area contributed by atoms with Crippen molar-refractivity contribution < 1.29 is 0 Å². The van der Waals surface area contributed by atoms with Gasteiger partial charge in [0.1, 0.15) is 5.82 Å². The summed E-state index contributed by atoms with van der Waals surface area (Å²) >= 11 is 12.2. The zero-order valence-electron chi connectivity index (χ0n) is 10.0. The third-order valence-corrected chi connectivity index (χ3v) is 3.52. The second-order valence-corrected chi connectivity index (χ2v) is 6.34. The van der Waals surface area contributed by atoms with Crippen molar-refractivity contribution in [3.05, 3.63) is 28.9 Å². The molecule has 1 aromatic rings. The predicted octanol–water partition coefficient (Wildman–Crippen LogP) is 4.13. The van der Waals surface area contributed by atoms with E-state index in [1.165, 1.54) is 0 Å². The molecular weight excluding hydrogens is 255 g/mol. The van der Waals surface area contributed by atoms with Gasteiger partial charge in [-0.1, -0.05) is 31.5 Å². The minimum absolute atomic E-state index is 0.0483. The number of halogens is 2. The van der Waals surface area contributed by atoms with Crippen LogP contribution in [0.4, 0.5) is 5.82 Å². The van der Waals surface area contributed by atoms with E-state index in [0.29, 0.717) is 10.8 Å². The summed E-state index contributed by atoms with van der Waals surface area (Å²) in [6.07, 6.45) is 5.55. The number of aromatic nitrogens is 1. The van der Waals surface area contributed by atoms with E-state index in [1.54, 1.807) is 6.20 Å². The second-order valence-electron chi connectivity index (χ2n) is 5.34. The first-order valence-electron chi connectivity index (χ1n) is 5.63. The van der Waals surface area contributed by atoms with Gasteiger partial charge in [-0.25, -0.2) is 4.98 Å². The highest BCUT2D eigenvalue weighted by Gasteiger charge is 2.29. The van der Waals surface area contributed by atoms with E-state index in [9.17, 15) is 0 Å². The van der Waals surface area contributed by atoms with Gasteiger partial charge in [0, 0.05) is 11.8 Å². The Morgan fingerprint density at radius 2 is 2.18 bits per heavy atom. The third-order valence-electron chi connectivity index (χ3n) is 3.03. The topological polar surface area (TPSA) is 38.9 Å². The Kier molecular flexibility index (Phi) is 3.37. The quantitative estimate of drug-likeness (QED) is 0.780. The molecule has 0 aliphatic heterocycles. The molecule has 0 bridgehead atoms. The number of nitrogens with two attached hydrogens (primary N) is 1. The molecular formula is C13H16Cl2N2. The molecule has 1 aliphatic carbocycles. The lowest BCUT2D eigenvalue weighted by molar-refractivity contribution is 0.340. The Hall–Kier alpha value is -0.730. The molecule has 1 unspecified atom stereocenters. The number of alkyl halides is 1. The van der Waals surface area contributed by atoms with Crippen LogP contribution in [0.15, 0.2) is 18.3 Å². The summed E-state index contributed by atoms with van der Waals surface area (Å²) in [5, 5.41) is 0.650. The summed E-state index contributed by atoms with van der Waals surface area (Å²) in [7, 11) is 0. The first kappa shape index (κ1) is 12.7. The Morgan fingerprint density at radius 1 is 1.47 bits per heavy atom. The lowest BCUT2D eigenvalue weighted by Crippen LogP contribution is -2.22. The molecule has 0 saturated heterocycles. The highest BCUT2D eigenvalue weighted by Crippen LogP contribution is 2.42. The van der Waals surface area contributed by atoms with E-state index in [1.807, 2.05) is 6.07 Å². The van der Waals surface area contributed by atoms with Crippen molar-refractivity contribution >= 4 is 34.6 Å². The lowest BCUT2D eigenvalue weighted by atomic mass is 9.75. The van der Waals surface area contributed by atoms with Gasteiger partial charge in [-0.3, -0.25) is 0 Å². The summed E-state index contributed by atoms with van der Waals surface area (Å²) in [6.45, 7) is 4.42. The largest absolute Gasteiger partial charge is 0.383 e. The van der Waals surface area contributed by atoms with Crippen LogP contribution in [0.5, 0.6) is 0 Å². The van der Waals surface area contributed by atoms with E-state index in [2.05, 4.69) is 24.9 Å². The Morgan fingerprint density at radius 3 is 2.82 bits per heavy atom. The van der Waals surface area contributed by atoms with Crippen LogP contribution in [-0.4, -0.2) is 10.4 Å². The van der Waals surface area contributed by atoms with Crippen molar-refractivity contribution in [2.75, 3.05) is 5.73 Å². The van der Waals surface area contributed by atoms with Crippen LogP contribution >= 0.6 is 23.2 Å². The van der Waals surface area contributed by atoms with Crippen LogP contribution < -0.4 is 5.73 Å². The molecule has 0 saturated carbocycles. The van der Waals surface area contributed by atoms with Crippen LogP contribution in [0.25, 0.3) is 5.57 Å². The number of pyridine rings is 1.